The Labute approximate surface area is 162 Å². The molecule has 0 aliphatic carbocycles. The quantitative estimate of drug-likeness (QED) is 0.752. The SMILES string of the molecule is CCN(CC)Cc1ccc(C(=O)N[C@@H](C)c2ccc(S(C)(=O)=O)cc2)cc1. The lowest BCUT2D eigenvalue weighted by Crippen LogP contribution is -2.26. The van der Waals surface area contributed by atoms with Crippen LogP contribution >= 0.6 is 0 Å². The van der Waals surface area contributed by atoms with Gasteiger partial charge < -0.3 is 5.32 Å². The standard InChI is InChI=1S/C21H28N2O3S/c1-5-23(6-2)15-17-7-9-19(10-8-17)21(24)22-16(3)18-11-13-20(14-12-18)27(4,25)26/h7-14,16H,5-6,15H2,1-4H3,(H,22,24)/t16-/m0/s1. The van der Waals surface area contributed by atoms with Gasteiger partial charge in [-0.15, -0.1) is 0 Å². The van der Waals surface area contributed by atoms with Gasteiger partial charge in [-0.2, -0.15) is 0 Å². The van der Waals surface area contributed by atoms with Gasteiger partial charge >= 0.3 is 0 Å². The molecule has 5 nitrogen and oxygen atoms in total. The number of carbonyl (C=O) groups is 1. The van der Waals surface area contributed by atoms with Crippen LogP contribution in [0.1, 0.15) is 48.3 Å². The van der Waals surface area contributed by atoms with Crippen molar-refractivity contribution in [1.82, 2.24) is 10.2 Å². The minimum absolute atomic E-state index is 0.149. The van der Waals surface area contributed by atoms with E-state index in [1.165, 1.54) is 11.8 Å². The Balaban J connectivity index is 2.01. The number of hydrogen-bond donors (Lipinski definition) is 1. The zero-order valence-corrected chi connectivity index (χ0v) is 17.2. The second kappa shape index (κ2) is 9.15. The molecule has 0 spiro atoms. The molecular formula is C21H28N2O3S. The number of nitrogens with zero attached hydrogens (tertiary/aromatic N) is 1. The molecule has 0 saturated heterocycles. The van der Waals surface area contributed by atoms with E-state index >= 15 is 0 Å². The summed E-state index contributed by atoms with van der Waals surface area (Å²) < 4.78 is 23.1. The Morgan fingerprint density at radius 3 is 2.04 bits per heavy atom. The summed E-state index contributed by atoms with van der Waals surface area (Å²) in [6.45, 7) is 9.01. The molecule has 0 aliphatic rings. The normalized spacial score (nSPS) is 12.8. The van der Waals surface area contributed by atoms with Crippen molar-refractivity contribution in [3.05, 3.63) is 65.2 Å². The molecule has 1 atom stereocenters. The fourth-order valence-electron chi connectivity index (χ4n) is 2.83. The lowest BCUT2D eigenvalue weighted by atomic mass is 10.1. The van der Waals surface area contributed by atoms with Crippen molar-refractivity contribution in [2.45, 2.75) is 38.3 Å². The van der Waals surface area contributed by atoms with Gasteiger partial charge in [0.15, 0.2) is 9.84 Å². The summed E-state index contributed by atoms with van der Waals surface area (Å²) in [4.78, 5) is 15.1. The van der Waals surface area contributed by atoms with Crippen molar-refractivity contribution in [2.24, 2.45) is 0 Å². The van der Waals surface area contributed by atoms with Gasteiger partial charge in [0.25, 0.3) is 5.91 Å². The van der Waals surface area contributed by atoms with Crippen LogP contribution in [-0.4, -0.2) is 38.6 Å². The fraction of sp³-hybridized carbons (Fsp3) is 0.381. The Morgan fingerprint density at radius 2 is 1.56 bits per heavy atom. The fourth-order valence-corrected chi connectivity index (χ4v) is 3.46. The summed E-state index contributed by atoms with van der Waals surface area (Å²) >= 11 is 0. The zero-order valence-electron chi connectivity index (χ0n) is 16.4. The molecule has 6 heteroatoms. The summed E-state index contributed by atoms with van der Waals surface area (Å²) in [7, 11) is -3.22. The summed E-state index contributed by atoms with van der Waals surface area (Å²) in [5.74, 6) is -0.149. The third kappa shape index (κ3) is 5.91. The number of nitrogens with one attached hydrogen (secondary N) is 1. The third-order valence-electron chi connectivity index (χ3n) is 4.67. The Hall–Kier alpha value is -2.18. The first kappa shape index (κ1) is 21.1. The van der Waals surface area contributed by atoms with Crippen molar-refractivity contribution in [3.8, 4) is 0 Å². The van der Waals surface area contributed by atoms with Crippen LogP contribution in [0.25, 0.3) is 0 Å². The molecule has 0 radical (unpaired) electrons. The Kier molecular flexibility index (Phi) is 7.16. The van der Waals surface area contributed by atoms with Crippen molar-refractivity contribution >= 4 is 15.7 Å². The highest BCUT2D eigenvalue weighted by atomic mass is 32.2. The van der Waals surface area contributed by atoms with Crippen LogP contribution in [0, 0.1) is 0 Å². The second-order valence-corrected chi connectivity index (χ2v) is 8.71. The van der Waals surface area contributed by atoms with Crippen LogP contribution in [0.4, 0.5) is 0 Å². The van der Waals surface area contributed by atoms with Crippen LogP contribution in [0.2, 0.25) is 0 Å². The molecule has 1 amide bonds. The number of benzene rings is 2. The van der Waals surface area contributed by atoms with Crippen LogP contribution in [0.3, 0.4) is 0 Å². The molecule has 0 aliphatic heterocycles. The van der Waals surface area contributed by atoms with E-state index in [0.29, 0.717) is 5.56 Å². The molecule has 0 heterocycles. The second-order valence-electron chi connectivity index (χ2n) is 6.69. The molecule has 0 saturated carbocycles. The van der Waals surface area contributed by atoms with E-state index in [1.807, 2.05) is 31.2 Å². The van der Waals surface area contributed by atoms with Crippen LogP contribution in [-0.2, 0) is 16.4 Å². The van der Waals surface area contributed by atoms with Crippen molar-refractivity contribution in [2.75, 3.05) is 19.3 Å². The molecule has 0 unspecified atom stereocenters. The number of hydrogen-bond acceptors (Lipinski definition) is 4. The van der Waals surface area contributed by atoms with E-state index in [-0.39, 0.29) is 16.8 Å². The first-order valence-electron chi connectivity index (χ1n) is 9.16. The molecule has 0 bridgehead atoms. The number of rotatable bonds is 8. The minimum Gasteiger partial charge on any atom is -0.346 e. The predicted molar refractivity (Wildman–Crippen MR) is 109 cm³/mol. The van der Waals surface area contributed by atoms with Gasteiger partial charge in [0, 0.05) is 18.4 Å². The third-order valence-corrected chi connectivity index (χ3v) is 5.80. The average Bonchev–Trinajstić information content (AvgIpc) is 2.65. The highest BCUT2D eigenvalue weighted by Gasteiger charge is 2.13. The smallest absolute Gasteiger partial charge is 0.251 e. The van der Waals surface area contributed by atoms with Crippen LogP contribution < -0.4 is 5.32 Å². The van der Waals surface area contributed by atoms with Crippen molar-refractivity contribution < 1.29 is 13.2 Å². The van der Waals surface area contributed by atoms with E-state index in [0.717, 1.165) is 25.2 Å². The molecule has 27 heavy (non-hydrogen) atoms. The highest BCUT2D eigenvalue weighted by molar-refractivity contribution is 7.90. The predicted octanol–water partition coefficient (Wildman–Crippen LogP) is 3.42. The molecule has 2 aromatic carbocycles. The Morgan fingerprint density at radius 1 is 1.00 bits per heavy atom. The van der Waals surface area contributed by atoms with Gasteiger partial charge in [-0.1, -0.05) is 38.1 Å². The maximum Gasteiger partial charge on any atom is 0.251 e. The summed E-state index contributed by atoms with van der Waals surface area (Å²) in [6, 6.07) is 14.0. The van der Waals surface area contributed by atoms with Gasteiger partial charge in [-0.25, -0.2) is 8.42 Å². The zero-order chi connectivity index (χ0) is 20.0. The summed E-state index contributed by atoms with van der Waals surface area (Å²) in [5.41, 5.74) is 2.64. The monoisotopic (exact) mass is 388 g/mol. The van der Waals surface area contributed by atoms with Crippen molar-refractivity contribution in [3.63, 3.8) is 0 Å². The molecule has 0 fully saturated rings. The molecule has 146 valence electrons. The molecule has 0 aromatic heterocycles. The lowest BCUT2D eigenvalue weighted by Gasteiger charge is -2.18. The maximum atomic E-state index is 12.5. The average molecular weight is 389 g/mol. The molecule has 1 N–H and O–H groups in total. The largest absolute Gasteiger partial charge is 0.346 e. The molecule has 2 aromatic rings. The van der Waals surface area contributed by atoms with E-state index in [1.54, 1.807) is 24.3 Å². The van der Waals surface area contributed by atoms with Crippen LogP contribution in [0.5, 0.6) is 0 Å². The Bertz CT molecular complexity index is 855. The van der Waals surface area contributed by atoms with E-state index in [2.05, 4.69) is 24.1 Å². The van der Waals surface area contributed by atoms with Gasteiger partial charge in [0.05, 0.1) is 10.9 Å². The van der Waals surface area contributed by atoms with Gasteiger partial charge in [-0.3, -0.25) is 9.69 Å². The van der Waals surface area contributed by atoms with E-state index in [9.17, 15) is 13.2 Å². The van der Waals surface area contributed by atoms with Crippen LogP contribution in [0.15, 0.2) is 53.4 Å². The highest BCUT2D eigenvalue weighted by Crippen LogP contribution is 2.17. The van der Waals surface area contributed by atoms with E-state index in [4.69, 9.17) is 0 Å². The van der Waals surface area contributed by atoms with Gasteiger partial charge in [-0.05, 0) is 55.4 Å². The van der Waals surface area contributed by atoms with E-state index < -0.39 is 9.84 Å². The number of carbonyl (C=O) groups excluding carboxylic acids is 1. The molecular weight excluding hydrogens is 360 g/mol. The maximum absolute atomic E-state index is 12.5. The number of sulfone groups is 1. The topological polar surface area (TPSA) is 66.5 Å². The van der Waals surface area contributed by atoms with Gasteiger partial charge in [0.2, 0.25) is 0 Å². The minimum atomic E-state index is -3.22. The lowest BCUT2D eigenvalue weighted by molar-refractivity contribution is 0.0940. The summed E-state index contributed by atoms with van der Waals surface area (Å²) in [5, 5.41) is 2.95. The number of amides is 1. The van der Waals surface area contributed by atoms with Crippen molar-refractivity contribution in [1.29, 1.82) is 0 Å². The van der Waals surface area contributed by atoms with Gasteiger partial charge in [0.1, 0.15) is 0 Å². The first-order valence-corrected chi connectivity index (χ1v) is 11.1. The first-order chi connectivity index (χ1) is 12.7. The summed E-state index contributed by atoms with van der Waals surface area (Å²) in [6.07, 6.45) is 1.18. The molecule has 2 rings (SSSR count).